The van der Waals surface area contributed by atoms with Crippen LogP contribution in [0.1, 0.15) is 43.7 Å². The van der Waals surface area contributed by atoms with Crippen molar-refractivity contribution in [3.63, 3.8) is 0 Å². The average molecular weight is 373 g/mol. The van der Waals surface area contributed by atoms with E-state index in [-0.39, 0.29) is 11.9 Å². The van der Waals surface area contributed by atoms with Gasteiger partial charge in [-0.25, -0.2) is 9.97 Å². The van der Waals surface area contributed by atoms with E-state index in [0.29, 0.717) is 11.2 Å². The second kappa shape index (κ2) is 8.49. The smallest absolute Gasteiger partial charge is 0.224 e. The zero-order valence-electron chi connectivity index (χ0n) is 15.3. The molecule has 1 aromatic heterocycles. The van der Waals surface area contributed by atoms with Gasteiger partial charge in [-0.15, -0.1) is 0 Å². The molecule has 2 aromatic rings. The Morgan fingerprint density at radius 1 is 1.27 bits per heavy atom. The summed E-state index contributed by atoms with van der Waals surface area (Å²) in [4.78, 5) is 21.6. The number of amides is 1. The van der Waals surface area contributed by atoms with E-state index in [1.165, 1.54) is 11.1 Å². The van der Waals surface area contributed by atoms with Gasteiger partial charge < -0.3 is 10.2 Å². The Hall–Kier alpha value is -2.14. The van der Waals surface area contributed by atoms with E-state index >= 15 is 0 Å². The molecule has 26 heavy (non-hydrogen) atoms. The van der Waals surface area contributed by atoms with E-state index in [2.05, 4.69) is 44.5 Å². The molecule has 6 heteroatoms. The lowest BCUT2D eigenvalue weighted by Crippen LogP contribution is -2.33. The van der Waals surface area contributed by atoms with Crippen LogP contribution in [0.3, 0.4) is 0 Å². The number of rotatable bonds is 5. The number of carbonyl (C=O) groups is 1. The molecular formula is C20H25ClN4O. The van der Waals surface area contributed by atoms with E-state index in [1.807, 2.05) is 13.0 Å². The lowest BCUT2D eigenvalue weighted by Gasteiger charge is -2.33. The van der Waals surface area contributed by atoms with Crippen molar-refractivity contribution in [3.8, 4) is 0 Å². The molecule has 0 bridgehead atoms. The van der Waals surface area contributed by atoms with Gasteiger partial charge in [-0.3, -0.25) is 4.79 Å². The van der Waals surface area contributed by atoms with Gasteiger partial charge in [0, 0.05) is 32.3 Å². The van der Waals surface area contributed by atoms with Gasteiger partial charge in [0.25, 0.3) is 0 Å². The van der Waals surface area contributed by atoms with Crippen LogP contribution in [0, 0.1) is 0 Å². The minimum absolute atomic E-state index is 0.0193. The highest BCUT2D eigenvalue weighted by Crippen LogP contribution is 2.30. The lowest BCUT2D eigenvalue weighted by atomic mass is 9.88. The molecule has 0 aliphatic carbocycles. The third kappa shape index (κ3) is 4.94. The SMILES string of the molecule is CC(=O)NC(C)Cc1ccc(C2CCN(c3ccnc(Cl)n3)CC2)cc1. The predicted molar refractivity (Wildman–Crippen MR) is 105 cm³/mol. The van der Waals surface area contributed by atoms with E-state index in [4.69, 9.17) is 11.6 Å². The first-order chi connectivity index (χ1) is 12.5. The summed E-state index contributed by atoms with van der Waals surface area (Å²) in [5.74, 6) is 1.50. The number of halogens is 1. The molecule has 138 valence electrons. The van der Waals surface area contributed by atoms with Crippen molar-refractivity contribution >= 4 is 23.3 Å². The summed E-state index contributed by atoms with van der Waals surface area (Å²) in [6.07, 6.45) is 4.76. The zero-order chi connectivity index (χ0) is 18.5. The summed E-state index contributed by atoms with van der Waals surface area (Å²) in [6.45, 7) is 5.53. The average Bonchev–Trinajstić information content (AvgIpc) is 2.62. The highest BCUT2D eigenvalue weighted by molar-refractivity contribution is 6.28. The van der Waals surface area contributed by atoms with E-state index in [9.17, 15) is 4.79 Å². The van der Waals surface area contributed by atoms with Crippen LogP contribution in [-0.4, -0.2) is 35.0 Å². The van der Waals surface area contributed by atoms with Crippen molar-refractivity contribution in [1.82, 2.24) is 15.3 Å². The van der Waals surface area contributed by atoms with Crippen LogP contribution in [0.25, 0.3) is 0 Å². The first-order valence-corrected chi connectivity index (χ1v) is 9.48. The number of aromatic nitrogens is 2. The zero-order valence-corrected chi connectivity index (χ0v) is 16.0. The summed E-state index contributed by atoms with van der Waals surface area (Å²) >= 11 is 5.90. The van der Waals surface area contributed by atoms with Gasteiger partial charge in [0.1, 0.15) is 5.82 Å². The molecule has 0 radical (unpaired) electrons. The van der Waals surface area contributed by atoms with Gasteiger partial charge >= 0.3 is 0 Å². The third-order valence-corrected chi connectivity index (χ3v) is 5.06. The minimum Gasteiger partial charge on any atom is -0.356 e. The largest absolute Gasteiger partial charge is 0.356 e. The fourth-order valence-electron chi connectivity index (χ4n) is 3.62. The second-order valence-corrected chi connectivity index (χ2v) is 7.33. The Bertz CT molecular complexity index is 742. The Morgan fingerprint density at radius 3 is 2.58 bits per heavy atom. The highest BCUT2D eigenvalue weighted by atomic mass is 35.5. The maximum Gasteiger partial charge on any atom is 0.224 e. The van der Waals surface area contributed by atoms with Crippen molar-refractivity contribution in [2.45, 2.75) is 45.1 Å². The molecule has 3 rings (SSSR count). The first kappa shape index (κ1) is 18.6. The Morgan fingerprint density at radius 2 is 1.96 bits per heavy atom. The fraction of sp³-hybridized carbons (Fsp3) is 0.450. The van der Waals surface area contributed by atoms with Gasteiger partial charge in [0.2, 0.25) is 11.2 Å². The maximum absolute atomic E-state index is 11.1. The Kier molecular flexibility index (Phi) is 6.09. The normalized spacial score (nSPS) is 16.3. The number of piperidine rings is 1. The number of hydrogen-bond donors (Lipinski definition) is 1. The van der Waals surface area contributed by atoms with Crippen molar-refractivity contribution in [2.24, 2.45) is 0 Å². The van der Waals surface area contributed by atoms with Gasteiger partial charge in [-0.2, -0.15) is 0 Å². The molecule has 2 heterocycles. The minimum atomic E-state index is 0.0193. The molecule has 1 amide bonds. The van der Waals surface area contributed by atoms with E-state index in [0.717, 1.165) is 38.2 Å². The van der Waals surface area contributed by atoms with Gasteiger partial charge in [-0.05, 0) is 60.9 Å². The molecule has 1 aliphatic heterocycles. The number of benzene rings is 1. The molecule has 0 saturated carbocycles. The van der Waals surface area contributed by atoms with Crippen LogP contribution in [0.5, 0.6) is 0 Å². The van der Waals surface area contributed by atoms with Crippen molar-refractivity contribution in [3.05, 3.63) is 52.9 Å². The number of nitrogens with one attached hydrogen (secondary N) is 1. The summed E-state index contributed by atoms with van der Waals surface area (Å²) < 4.78 is 0. The fourth-order valence-corrected chi connectivity index (χ4v) is 3.76. The number of nitrogens with zero attached hydrogens (tertiary/aromatic N) is 3. The molecule has 0 spiro atoms. The van der Waals surface area contributed by atoms with Crippen LogP contribution >= 0.6 is 11.6 Å². The summed E-state index contributed by atoms with van der Waals surface area (Å²) in [5.41, 5.74) is 2.64. The summed E-state index contributed by atoms with van der Waals surface area (Å²) in [7, 11) is 0. The molecule has 1 unspecified atom stereocenters. The van der Waals surface area contributed by atoms with Crippen molar-refractivity contribution in [1.29, 1.82) is 0 Å². The molecule has 1 aromatic carbocycles. The van der Waals surface area contributed by atoms with Crippen LogP contribution < -0.4 is 10.2 Å². The highest BCUT2D eigenvalue weighted by Gasteiger charge is 2.21. The maximum atomic E-state index is 11.1. The second-order valence-electron chi connectivity index (χ2n) is 6.99. The van der Waals surface area contributed by atoms with Crippen LogP contribution in [0.2, 0.25) is 5.28 Å². The first-order valence-electron chi connectivity index (χ1n) is 9.10. The molecule has 5 nitrogen and oxygen atoms in total. The van der Waals surface area contributed by atoms with Crippen LogP contribution in [0.15, 0.2) is 36.5 Å². The molecule has 1 atom stereocenters. The standard InChI is InChI=1S/C20H25ClN4O/c1-14(23-15(2)26)13-16-3-5-17(6-4-16)18-8-11-25(12-9-18)19-7-10-22-20(21)24-19/h3-7,10,14,18H,8-9,11-13H2,1-2H3,(H,23,26). The molecular weight excluding hydrogens is 348 g/mol. The van der Waals surface area contributed by atoms with Crippen molar-refractivity contribution in [2.75, 3.05) is 18.0 Å². The summed E-state index contributed by atoms with van der Waals surface area (Å²) in [6, 6.07) is 10.9. The Balaban J connectivity index is 1.55. The molecule has 1 saturated heterocycles. The van der Waals surface area contributed by atoms with Gasteiger partial charge in [-0.1, -0.05) is 24.3 Å². The summed E-state index contributed by atoms with van der Waals surface area (Å²) in [5, 5.41) is 3.23. The van der Waals surface area contributed by atoms with Crippen LogP contribution in [0.4, 0.5) is 5.82 Å². The monoisotopic (exact) mass is 372 g/mol. The van der Waals surface area contributed by atoms with Gasteiger partial charge in [0.15, 0.2) is 0 Å². The Labute approximate surface area is 159 Å². The third-order valence-electron chi connectivity index (χ3n) is 4.87. The number of anilines is 1. The van der Waals surface area contributed by atoms with Crippen LogP contribution in [-0.2, 0) is 11.2 Å². The molecule has 1 N–H and O–H groups in total. The predicted octanol–water partition coefficient (Wildman–Crippen LogP) is 3.58. The molecule has 1 aliphatic rings. The van der Waals surface area contributed by atoms with E-state index in [1.54, 1.807) is 13.1 Å². The number of carbonyl (C=O) groups excluding carboxylic acids is 1. The van der Waals surface area contributed by atoms with Gasteiger partial charge in [0.05, 0.1) is 0 Å². The number of hydrogen-bond acceptors (Lipinski definition) is 4. The quantitative estimate of drug-likeness (QED) is 0.815. The molecule has 1 fully saturated rings. The van der Waals surface area contributed by atoms with Crippen molar-refractivity contribution < 1.29 is 4.79 Å². The van der Waals surface area contributed by atoms with E-state index < -0.39 is 0 Å². The topological polar surface area (TPSA) is 58.1 Å². The lowest BCUT2D eigenvalue weighted by molar-refractivity contribution is -0.119.